The first-order valence-electron chi connectivity index (χ1n) is 2.51. The van der Waals surface area contributed by atoms with E-state index in [4.69, 9.17) is 11.6 Å². The predicted octanol–water partition coefficient (Wildman–Crippen LogP) is 0.867. The maximum absolute atomic E-state index is 10.7. The van der Waals surface area contributed by atoms with E-state index in [1.165, 1.54) is 18.6 Å². The van der Waals surface area contributed by atoms with E-state index in [2.05, 4.69) is 9.97 Å². The summed E-state index contributed by atoms with van der Waals surface area (Å²) in [6, 6.07) is 0. The van der Waals surface area contributed by atoms with E-state index < -0.39 is 10.8 Å². The van der Waals surface area contributed by atoms with Crippen LogP contribution >= 0.6 is 11.6 Å². The van der Waals surface area contributed by atoms with Crippen LogP contribution in [-0.4, -0.2) is 20.4 Å². The minimum atomic E-state index is -1.12. The van der Waals surface area contributed by atoms with Gasteiger partial charge in [-0.15, -0.1) is 0 Å². The highest BCUT2D eigenvalue weighted by molar-refractivity contribution is 7.84. The zero-order chi connectivity index (χ0) is 7.56. The Bertz CT molecular complexity index is 248. The summed E-state index contributed by atoms with van der Waals surface area (Å²) < 4.78 is 10.7. The van der Waals surface area contributed by atoms with E-state index in [-0.39, 0.29) is 0 Å². The van der Waals surface area contributed by atoms with Crippen molar-refractivity contribution in [2.24, 2.45) is 0 Å². The van der Waals surface area contributed by atoms with Gasteiger partial charge in [0.25, 0.3) is 0 Å². The SMILES string of the molecule is C[S@](=O)c1ncc(Cl)cn1. The zero-order valence-corrected chi connectivity index (χ0v) is 6.82. The lowest BCUT2D eigenvalue weighted by molar-refractivity contribution is 0.679. The van der Waals surface area contributed by atoms with E-state index in [9.17, 15) is 4.21 Å². The molecule has 1 aromatic rings. The minimum absolute atomic E-state index is 0.310. The van der Waals surface area contributed by atoms with E-state index in [1.807, 2.05) is 0 Å². The Labute approximate surface area is 65.9 Å². The van der Waals surface area contributed by atoms with Gasteiger partial charge in [-0.05, 0) is 0 Å². The van der Waals surface area contributed by atoms with Crippen molar-refractivity contribution in [1.29, 1.82) is 0 Å². The lowest BCUT2D eigenvalue weighted by Gasteiger charge is -1.91. The quantitative estimate of drug-likeness (QED) is 0.597. The Morgan fingerprint density at radius 1 is 1.50 bits per heavy atom. The van der Waals surface area contributed by atoms with E-state index >= 15 is 0 Å². The lowest BCUT2D eigenvalue weighted by Crippen LogP contribution is -1.94. The number of halogens is 1. The van der Waals surface area contributed by atoms with Gasteiger partial charge >= 0.3 is 0 Å². The molecule has 0 amide bonds. The van der Waals surface area contributed by atoms with Crippen LogP contribution in [0, 0.1) is 0 Å². The summed E-state index contributed by atoms with van der Waals surface area (Å²) in [5.74, 6) is 0. The molecule has 5 heteroatoms. The first-order chi connectivity index (χ1) is 4.70. The standard InChI is InChI=1S/C5H5ClN2OS/c1-10(9)5-7-2-4(6)3-8-5/h2-3H,1H3/t10-/m0/s1. The zero-order valence-electron chi connectivity index (χ0n) is 5.24. The van der Waals surface area contributed by atoms with Crippen LogP contribution in [0.4, 0.5) is 0 Å². The Hall–Kier alpha value is -0.480. The summed E-state index contributed by atoms with van der Waals surface area (Å²) in [4.78, 5) is 7.47. The predicted molar refractivity (Wildman–Crippen MR) is 39.4 cm³/mol. The first kappa shape index (κ1) is 7.63. The Morgan fingerprint density at radius 2 is 2.00 bits per heavy atom. The van der Waals surface area contributed by atoms with Crippen molar-refractivity contribution in [3.63, 3.8) is 0 Å². The lowest BCUT2D eigenvalue weighted by atomic mass is 10.7. The second-order valence-electron chi connectivity index (χ2n) is 1.64. The molecule has 0 aromatic carbocycles. The summed E-state index contributed by atoms with van der Waals surface area (Å²) in [5, 5.41) is 0.763. The maximum Gasteiger partial charge on any atom is 0.218 e. The molecular formula is C5H5ClN2OS. The van der Waals surface area contributed by atoms with E-state index in [1.54, 1.807) is 0 Å². The summed E-state index contributed by atoms with van der Waals surface area (Å²) in [6.07, 6.45) is 4.36. The molecule has 0 aliphatic rings. The van der Waals surface area contributed by atoms with Crippen molar-refractivity contribution in [2.45, 2.75) is 5.16 Å². The Morgan fingerprint density at radius 3 is 2.40 bits per heavy atom. The maximum atomic E-state index is 10.7. The fourth-order valence-corrected chi connectivity index (χ4v) is 0.949. The van der Waals surface area contributed by atoms with Crippen LogP contribution in [0.25, 0.3) is 0 Å². The number of nitrogens with zero attached hydrogens (tertiary/aromatic N) is 2. The van der Waals surface area contributed by atoms with E-state index in [0.29, 0.717) is 10.2 Å². The molecule has 0 fully saturated rings. The van der Waals surface area contributed by atoms with Crippen LogP contribution in [0.3, 0.4) is 0 Å². The van der Waals surface area contributed by atoms with Gasteiger partial charge in [-0.3, -0.25) is 4.21 Å². The summed E-state index contributed by atoms with van der Waals surface area (Å²) >= 11 is 5.49. The number of rotatable bonds is 1. The molecule has 0 bridgehead atoms. The molecule has 1 heterocycles. The Balaban J connectivity index is 3.00. The highest BCUT2D eigenvalue weighted by atomic mass is 35.5. The van der Waals surface area contributed by atoms with Crippen molar-refractivity contribution in [3.8, 4) is 0 Å². The molecule has 0 saturated heterocycles. The number of hydrogen-bond donors (Lipinski definition) is 0. The van der Waals surface area contributed by atoms with Crippen LogP contribution in [0.1, 0.15) is 0 Å². The van der Waals surface area contributed by atoms with Crippen LogP contribution in [0.2, 0.25) is 5.02 Å². The van der Waals surface area contributed by atoms with Gasteiger partial charge < -0.3 is 0 Å². The molecule has 0 aliphatic heterocycles. The largest absolute Gasteiger partial charge is 0.251 e. The minimum Gasteiger partial charge on any atom is -0.251 e. The highest BCUT2D eigenvalue weighted by Crippen LogP contribution is 2.03. The third-order valence-corrected chi connectivity index (χ3v) is 1.77. The molecule has 3 nitrogen and oxygen atoms in total. The van der Waals surface area contributed by atoms with Gasteiger partial charge in [0.15, 0.2) is 0 Å². The molecule has 1 atom stereocenters. The third kappa shape index (κ3) is 1.75. The van der Waals surface area contributed by atoms with Crippen LogP contribution in [-0.2, 0) is 10.8 Å². The summed E-state index contributed by atoms with van der Waals surface area (Å²) in [7, 11) is -1.12. The van der Waals surface area contributed by atoms with Gasteiger partial charge in [-0.1, -0.05) is 11.6 Å². The number of hydrogen-bond acceptors (Lipinski definition) is 3. The number of aromatic nitrogens is 2. The molecule has 0 unspecified atom stereocenters. The molecule has 1 aromatic heterocycles. The third-order valence-electron chi connectivity index (χ3n) is 0.854. The van der Waals surface area contributed by atoms with Crippen molar-refractivity contribution < 1.29 is 4.21 Å². The van der Waals surface area contributed by atoms with E-state index in [0.717, 1.165) is 0 Å². The first-order valence-corrected chi connectivity index (χ1v) is 4.45. The summed E-state index contributed by atoms with van der Waals surface area (Å²) in [6.45, 7) is 0. The topological polar surface area (TPSA) is 42.9 Å². The van der Waals surface area contributed by atoms with Gasteiger partial charge in [0.2, 0.25) is 5.16 Å². The smallest absolute Gasteiger partial charge is 0.218 e. The van der Waals surface area contributed by atoms with Crippen LogP contribution in [0.15, 0.2) is 17.6 Å². The van der Waals surface area contributed by atoms with Crippen molar-refractivity contribution in [1.82, 2.24) is 9.97 Å². The van der Waals surface area contributed by atoms with Crippen molar-refractivity contribution >= 4 is 22.4 Å². The normalized spacial score (nSPS) is 13.0. The van der Waals surface area contributed by atoms with Crippen LogP contribution in [0.5, 0.6) is 0 Å². The van der Waals surface area contributed by atoms with Crippen molar-refractivity contribution in [3.05, 3.63) is 17.4 Å². The van der Waals surface area contributed by atoms with Crippen molar-refractivity contribution in [2.75, 3.05) is 6.26 Å². The highest BCUT2D eigenvalue weighted by Gasteiger charge is 1.98. The molecule has 0 saturated carbocycles. The molecule has 54 valence electrons. The fraction of sp³-hybridized carbons (Fsp3) is 0.200. The molecule has 0 spiro atoms. The van der Waals surface area contributed by atoms with Gasteiger partial charge in [0.1, 0.15) is 0 Å². The molecule has 10 heavy (non-hydrogen) atoms. The average Bonchev–Trinajstić information content (AvgIpc) is 1.88. The molecule has 0 radical (unpaired) electrons. The Kier molecular flexibility index (Phi) is 2.34. The molecular weight excluding hydrogens is 172 g/mol. The van der Waals surface area contributed by atoms with Gasteiger partial charge in [-0.25, -0.2) is 9.97 Å². The second-order valence-corrected chi connectivity index (χ2v) is 3.35. The van der Waals surface area contributed by atoms with Crippen LogP contribution < -0.4 is 0 Å². The molecule has 1 rings (SSSR count). The monoisotopic (exact) mass is 176 g/mol. The average molecular weight is 177 g/mol. The molecule has 0 N–H and O–H groups in total. The van der Waals surface area contributed by atoms with Gasteiger partial charge in [0.05, 0.1) is 28.2 Å². The molecule has 0 aliphatic carbocycles. The van der Waals surface area contributed by atoms with Gasteiger partial charge in [-0.2, -0.15) is 0 Å². The van der Waals surface area contributed by atoms with Gasteiger partial charge in [0, 0.05) is 6.26 Å². The second kappa shape index (κ2) is 3.07. The fourth-order valence-electron chi connectivity index (χ4n) is 0.449. The summed E-state index contributed by atoms with van der Waals surface area (Å²) in [5.41, 5.74) is 0.